The topological polar surface area (TPSA) is 41.3 Å². The number of aromatic nitrogens is 1. The van der Waals surface area contributed by atoms with Gasteiger partial charge in [-0.2, -0.15) is 0 Å². The molecule has 0 aromatic carbocycles. The summed E-state index contributed by atoms with van der Waals surface area (Å²) >= 11 is 0. The predicted octanol–water partition coefficient (Wildman–Crippen LogP) is 0.0417. The Bertz CT molecular complexity index is 191. The lowest BCUT2D eigenvalue weighted by molar-refractivity contribution is 0.420. The van der Waals surface area contributed by atoms with E-state index in [0.717, 1.165) is 25.6 Å². The monoisotopic (exact) mass is 139 g/mol. The van der Waals surface area contributed by atoms with Gasteiger partial charge in [0.05, 0.1) is 6.67 Å². The highest BCUT2D eigenvalue weighted by Gasteiger charge is 2.12. The molecule has 1 saturated heterocycles. The first-order chi connectivity index (χ1) is 4.97. The van der Waals surface area contributed by atoms with E-state index in [2.05, 4.69) is 15.4 Å². The van der Waals surface area contributed by atoms with E-state index >= 15 is 0 Å². The first-order valence-electron chi connectivity index (χ1n) is 3.33. The summed E-state index contributed by atoms with van der Waals surface area (Å²) in [5.41, 5.74) is 0. The molecule has 4 nitrogen and oxygen atoms in total. The van der Waals surface area contributed by atoms with Crippen molar-refractivity contribution >= 4 is 5.82 Å². The molecule has 0 saturated carbocycles. The van der Waals surface area contributed by atoms with Crippen LogP contribution in [0.5, 0.6) is 0 Å². The van der Waals surface area contributed by atoms with Crippen LogP contribution in [-0.2, 0) is 0 Å². The van der Waals surface area contributed by atoms with Crippen LogP contribution in [0.2, 0.25) is 0 Å². The number of nitrogens with zero attached hydrogens (tertiary/aromatic N) is 2. The van der Waals surface area contributed by atoms with Crippen LogP contribution in [0.25, 0.3) is 0 Å². The van der Waals surface area contributed by atoms with Gasteiger partial charge in [0.1, 0.15) is 6.26 Å². The van der Waals surface area contributed by atoms with E-state index in [1.165, 1.54) is 0 Å². The standard InChI is InChI=1S/C6H9N3O/c1-4-10-8-6(1)9-3-2-7-5-9/h1,4,7H,2-3,5H2. The molecular weight excluding hydrogens is 130 g/mol. The highest BCUT2D eigenvalue weighted by Crippen LogP contribution is 2.09. The molecule has 0 aliphatic carbocycles. The summed E-state index contributed by atoms with van der Waals surface area (Å²) in [6.07, 6.45) is 1.59. The van der Waals surface area contributed by atoms with Gasteiger partial charge in [-0.05, 0) is 0 Å². The lowest BCUT2D eigenvalue weighted by Crippen LogP contribution is -2.20. The summed E-state index contributed by atoms with van der Waals surface area (Å²) < 4.78 is 4.71. The molecule has 1 fully saturated rings. The lowest BCUT2D eigenvalue weighted by atomic mass is 10.5. The van der Waals surface area contributed by atoms with Gasteiger partial charge in [-0.25, -0.2) is 0 Å². The molecule has 10 heavy (non-hydrogen) atoms. The minimum atomic E-state index is 0.881. The molecule has 0 amide bonds. The summed E-state index contributed by atoms with van der Waals surface area (Å²) in [5, 5.41) is 7.01. The third-order valence-electron chi connectivity index (χ3n) is 1.61. The van der Waals surface area contributed by atoms with Crippen molar-refractivity contribution in [2.45, 2.75) is 0 Å². The summed E-state index contributed by atoms with van der Waals surface area (Å²) in [4.78, 5) is 2.13. The van der Waals surface area contributed by atoms with Crippen LogP contribution < -0.4 is 10.2 Å². The van der Waals surface area contributed by atoms with Crippen molar-refractivity contribution in [2.24, 2.45) is 0 Å². The van der Waals surface area contributed by atoms with E-state index in [4.69, 9.17) is 4.52 Å². The number of hydrogen-bond donors (Lipinski definition) is 1. The first kappa shape index (κ1) is 5.73. The molecule has 0 unspecified atom stereocenters. The number of anilines is 1. The lowest BCUT2D eigenvalue weighted by Gasteiger charge is -2.10. The van der Waals surface area contributed by atoms with Gasteiger partial charge in [-0.1, -0.05) is 5.16 Å². The molecule has 0 atom stereocenters. The Labute approximate surface area is 58.8 Å². The van der Waals surface area contributed by atoms with Crippen LogP contribution in [0.15, 0.2) is 16.9 Å². The maximum absolute atomic E-state index is 4.71. The van der Waals surface area contributed by atoms with Crippen LogP contribution in [0.4, 0.5) is 5.82 Å². The van der Waals surface area contributed by atoms with Gasteiger partial charge >= 0.3 is 0 Å². The third-order valence-corrected chi connectivity index (χ3v) is 1.61. The van der Waals surface area contributed by atoms with Crippen molar-refractivity contribution < 1.29 is 4.52 Å². The Hall–Kier alpha value is -1.03. The van der Waals surface area contributed by atoms with Crippen molar-refractivity contribution in [3.8, 4) is 0 Å². The molecule has 0 spiro atoms. The minimum Gasteiger partial charge on any atom is -0.363 e. The SMILES string of the molecule is c1cc(N2CCNC2)no1. The van der Waals surface area contributed by atoms with Gasteiger partial charge in [0.15, 0.2) is 5.82 Å². The second-order valence-electron chi connectivity index (χ2n) is 2.28. The van der Waals surface area contributed by atoms with Gasteiger partial charge in [0.25, 0.3) is 0 Å². The van der Waals surface area contributed by atoms with Gasteiger partial charge < -0.3 is 9.42 Å². The zero-order valence-corrected chi connectivity index (χ0v) is 5.58. The van der Waals surface area contributed by atoms with Gasteiger partial charge in [-0.15, -0.1) is 0 Å². The summed E-state index contributed by atoms with van der Waals surface area (Å²) in [6, 6.07) is 1.87. The molecular formula is C6H9N3O. The number of hydrogen-bond acceptors (Lipinski definition) is 4. The maximum atomic E-state index is 4.71. The van der Waals surface area contributed by atoms with E-state index in [1.807, 2.05) is 6.07 Å². The molecule has 2 heterocycles. The first-order valence-corrected chi connectivity index (χ1v) is 3.33. The van der Waals surface area contributed by atoms with Crippen molar-refractivity contribution in [1.29, 1.82) is 0 Å². The van der Waals surface area contributed by atoms with Crippen LogP contribution in [0.3, 0.4) is 0 Å². The maximum Gasteiger partial charge on any atom is 0.172 e. The van der Waals surface area contributed by atoms with Crippen molar-refractivity contribution in [2.75, 3.05) is 24.7 Å². The van der Waals surface area contributed by atoms with Gasteiger partial charge in [-0.3, -0.25) is 5.32 Å². The van der Waals surface area contributed by atoms with E-state index in [9.17, 15) is 0 Å². The second-order valence-corrected chi connectivity index (χ2v) is 2.28. The van der Waals surface area contributed by atoms with E-state index < -0.39 is 0 Å². The molecule has 0 bridgehead atoms. The molecule has 1 aliphatic rings. The van der Waals surface area contributed by atoms with Crippen molar-refractivity contribution in [1.82, 2.24) is 10.5 Å². The summed E-state index contributed by atoms with van der Waals surface area (Å²) in [5.74, 6) is 0.921. The Morgan fingerprint density at radius 2 is 2.70 bits per heavy atom. The fourth-order valence-electron chi connectivity index (χ4n) is 1.07. The Morgan fingerprint density at radius 1 is 1.70 bits per heavy atom. The van der Waals surface area contributed by atoms with Crippen LogP contribution in [0.1, 0.15) is 0 Å². The van der Waals surface area contributed by atoms with Crippen LogP contribution >= 0.6 is 0 Å². The molecule has 0 radical (unpaired) electrons. The van der Waals surface area contributed by atoms with Gasteiger partial charge in [0.2, 0.25) is 0 Å². The second kappa shape index (κ2) is 2.30. The van der Waals surface area contributed by atoms with Crippen LogP contribution in [-0.4, -0.2) is 24.9 Å². The molecule has 54 valence electrons. The molecule has 1 aromatic heterocycles. The average molecular weight is 139 g/mol. The number of rotatable bonds is 1. The minimum absolute atomic E-state index is 0.881. The summed E-state index contributed by atoms with van der Waals surface area (Å²) in [7, 11) is 0. The molecule has 4 heteroatoms. The largest absolute Gasteiger partial charge is 0.363 e. The fourth-order valence-corrected chi connectivity index (χ4v) is 1.07. The van der Waals surface area contributed by atoms with Crippen molar-refractivity contribution in [3.63, 3.8) is 0 Å². The predicted molar refractivity (Wildman–Crippen MR) is 36.7 cm³/mol. The number of nitrogens with one attached hydrogen (secondary N) is 1. The molecule has 1 aliphatic heterocycles. The highest BCUT2D eigenvalue weighted by atomic mass is 16.5. The molecule has 1 aromatic rings. The highest BCUT2D eigenvalue weighted by molar-refractivity contribution is 5.36. The molecule has 2 rings (SSSR count). The van der Waals surface area contributed by atoms with Crippen LogP contribution in [0, 0.1) is 0 Å². The van der Waals surface area contributed by atoms with E-state index in [0.29, 0.717) is 0 Å². The van der Waals surface area contributed by atoms with Crippen molar-refractivity contribution in [3.05, 3.63) is 12.3 Å². The average Bonchev–Trinajstić information content (AvgIpc) is 2.59. The third kappa shape index (κ3) is 0.863. The van der Waals surface area contributed by atoms with Gasteiger partial charge in [0, 0.05) is 19.2 Å². The zero-order chi connectivity index (χ0) is 6.81. The van der Waals surface area contributed by atoms with E-state index in [1.54, 1.807) is 6.26 Å². The smallest absolute Gasteiger partial charge is 0.172 e. The normalized spacial score (nSPS) is 18.2. The zero-order valence-electron chi connectivity index (χ0n) is 5.58. The Balaban J connectivity index is 2.12. The fraction of sp³-hybridized carbons (Fsp3) is 0.500. The Morgan fingerprint density at radius 3 is 3.30 bits per heavy atom. The quantitative estimate of drug-likeness (QED) is 0.596. The summed E-state index contributed by atoms with van der Waals surface area (Å²) in [6.45, 7) is 2.94. The molecule has 1 N–H and O–H groups in total. The Kier molecular flexibility index (Phi) is 1.32. The van der Waals surface area contributed by atoms with E-state index in [-0.39, 0.29) is 0 Å².